The molecule has 0 aliphatic carbocycles. The first-order chi connectivity index (χ1) is 6.74. The monoisotopic (exact) mass is 343 g/mol. The second kappa shape index (κ2) is 6.63. The van der Waals surface area contributed by atoms with Gasteiger partial charge in [-0.25, -0.2) is 0 Å². The van der Waals surface area contributed by atoms with Crippen LogP contribution in [0.4, 0.5) is 0 Å². The molecule has 1 aromatic heterocycles. The minimum atomic E-state index is -0.0182. The molecule has 0 aromatic carbocycles. The number of carbonyl (C=O) groups is 1. The van der Waals surface area contributed by atoms with Crippen LogP contribution in [0.1, 0.15) is 22.5 Å². The van der Waals surface area contributed by atoms with Crippen molar-refractivity contribution in [2.75, 3.05) is 11.0 Å². The lowest BCUT2D eigenvalue weighted by molar-refractivity contribution is 0.0957. The van der Waals surface area contributed by atoms with Gasteiger partial charge < -0.3 is 5.32 Å². The highest BCUT2D eigenvalue weighted by Gasteiger charge is 2.06. The maximum absolute atomic E-state index is 11.5. The van der Waals surface area contributed by atoms with E-state index in [-0.39, 0.29) is 5.91 Å². The predicted octanol–water partition coefficient (Wildman–Crippen LogP) is 3.35. The number of rotatable bonds is 5. The van der Waals surface area contributed by atoms with E-state index >= 15 is 0 Å². The zero-order valence-electron chi connectivity index (χ0n) is 7.56. The van der Waals surface area contributed by atoms with E-state index in [1.165, 1.54) is 11.3 Å². The molecule has 0 unspecified atom stereocenters. The fourth-order valence-corrected chi connectivity index (χ4v) is 2.44. The van der Waals surface area contributed by atoms with Gasteiger partial charge in [-0.05, 0) is 29.4 Å². The zero-order chi connectivity index (χ0) is 10.4. The number of unbranched alkanes of at least 4 members (excludes halogenated alkanes) is 1. The number of alkyl halides is 1. The molecule has 0 bridgehead atoms. The quantitative estimate of drug-likeness (QED) is 0.496. The highest BCUT2D eigenvalue weighted by molar-refractivity contribution is 14.1. The van der Waals surface area contributed by atoms with Crippen LogP contribution in [0.2, 0.25) is 4.34 Å². The van der Waals surface area contributed by atoms with Crippen molar-refractivity contribution >= 4 is 51.4 Å². The summed E-state index contributed by atoms with van der Waals surface area (Å²) in [7, 11) is 0. The van der Waals surface area contributed by atoms with Crippen LogP contribution in [-0.2, 0) is 0 Å². The summed E-state index contributed by atoms with van der Waals surface area (Å²) in [5, 5.41) is 2.86. The van der Waals surface area contributed by atoms with Crippen molar-refractivity contribution < 1.29 is 4.79 Å². The molecule has 2 nitrogen and oxygen atoms in total. The molecule has 0 radical (unpaired) electrons. The van der Waals surface area contributed by atoms with Crippen molar-refractivity contribution in [1.82, 2.24) is 5.32 Å². The topological polar surface area (TPSA) is 29.1 Å². The smallest absolute Gasteiger partial charge is 0.261 e. The molecule has 1 rings (SSSR count). The number of amides is 1. The molecule has 1 aromatic rings. The summed E-state index contributed by atoms with van der Waals surface area (Å²) in [4.78, 5) is 12.1. The van der Waals surface area contributed by atoms with Crippen molar-refractivity contribution in [3.63, 3.8) is 0 Å². The number of nitrogens with one attached hydrogen (secondary N) is 1. The molecule has 0 aliphatic rings. The van der Waals surface area contributed by atoms with Gasteiger partial charge in [0.2, 0.25) is 0 Å². The Labute approximate surface area is 106 Å². The van der Waals surface area contributed by atoms with E-state index in [1.54, 1.807) is 12.1 Å². The molecule has 14 heavy (non-hydrogen) atoms. The third kappa shape index (κ3) is 4.14. The number of carbonyl (C=O) groups excluding carboxylic acids is 1. The fraction of sp³-hybridized carbons (Fsp3) is 0.444. The lowest BCUT2D eigenvalue weighted by Crippen LogP contribution is -2.23. The maximum atomic E-state index is 11.5. The summed E-state index contributed by atoms with van der Waals surface area (Å²) in [5.41, 5.74) is 0. The normalized spacial score (nSPS) is 10.1. The Hall–Kier alpha value is 0.190. The van der Waals surface area contributed by atoms with Gasteiger partial charge in [-0.3, -0.25) is 4.79 Å². The number of halogens is 2. The summed E-state index contributed by atoms with van der Waals surface area (Å²) in [5.74, 6) is -0.0182. The van der Waals surface area contributed by atoms with Crippen molar-refractivity contribution in [2.24, 2.45) is 0 Å². The zero-order valence-corrected chi connectivity index (χ0v) is 11.3. The SMILES string of the molecule is O=C(NCCCCI)c1ccc(Cl)s1. The summed E-state index contributed by atoms with van der Waals surface area (Å²) in [6, 6.07) is 3.49. The Kier molecular flexibility index (Phi) is 5.81. The summed E-state index contributed by atoms with van der Waals surface area (Å²) < 4.78 is 1.79. The molecule has 78 valence electrons. The Morgan fingerprint density at radius 2 is 2.29 bits per heavy atom. The summed E-state index contributed by atoms with van der Waals surface area (Å²) >= 11 is 9.37. The van der Waals surface area contributed by atoms with Gasteiger partial charge in [0.15, 0.2) is 0 Å². The maximum Gasteiger partial charge on any atom is 0.261 e. The van der Waals surface area contributed by atoms with Crippen molar-refractivity contribution in [3.05, 3.63) is 21.3 Å². The number of hydrogen-bond acceptors (Lipinski definition) is 2. The van der Waals surface area contributed by atoms with Crippen LogP contribution in [0.5, 0.6) is 0 Å². The number of hydrogen-bond donors (Lipinski definition) is 1. The second-order valence-electron chi connectivity index (χ2n) is 2.76. The van der Waals surface area contributed by atoms with Gasteiger partial charge in [-0.15, -0.1) is 11.3 Å². The average molecular weight is 344 g/mol. The molecule has 0 saturated heterocycles. The van der Waals surface area contributed by atoms with E-state index < -0.39 is 0 Å². The molecule has 0 aliphatic heterocycles. The Balaban J connectivity index is 2.29. The first-order valence-corrected chi connectivity index (χ1v) is 7.05. The van der Waals surface area contributed by atoms with E-state index in [1.807, 2.05) is 0 Å². The van der Waals surface area contributed by atoms with Gasteiger partial charge in [-0.2, -0.15) is 0 Å². The van der Waals surface area contributed by atoms with Crippen LogP contribution in [0.3, 0.4) is 0 Å². The van der Waals surface area contributed by atoms with E-state index in [0.29, 0.717) is 9.21 Å². The van der Waals surface area contributed by atoms with Crippen LogP contribution in [0.15, 0.2) is 12.1 Å². The predicted molar refractivity (Wildman–Crippen MR) is 69.8 cm³/mol. The molecular weight excluding hydrogens is 333 g/mol. The van der Waals surface area contributed by atoms with E-state index in [4.69, 9.17) is 11.6 Å². The highest BCUT2D eigenvalue weighted by Crippen LogP contribution is 2.20. The molecule has 0 saturated carbocycles. The molecular formula is C9H11ClINOS. The molecule has 5 heteroatoms. The molecule has 1 N–H and O–H groups in total. The van der Waals surface area contributed by atoms with Gasteiger partial charge in [0.25, 0.3) is 5.91 Å². The van der Waals surface area contributed by atoms with Gasteiger partial charge >= 0.3 is 0 Å². The van der Waals surface area contributed by atoms with Gasteiger partial charge in [0.1, 0.15) is 0 Å². The highest BCUT2D eigenvalue weighted by atomic mass is 127. The van der Waals surface area contributed by atoms with Crippen LogP contribution >= 0.6 is 45.5 Å². The average Bonchev–Trinajstić information content (AvgIpc) is 2.59. The van der Waals surface area contributed by atoms with E-state index in [9.17, 15) is 4.79 Å². The number of thiophene rings is 1. The largest absolute Gasteiger partial charge is 0.351 e. The molecule has 1 amide bonds. The standard InChI is InChI=1S/C9H11ClINOS/c10-8-4-3-7(14-8)9(13)12-6-2-1-5-11/h3-4H,1-2,5-6H2,(H,12,13). The minimum Gasteiger partial charge on any atom is -0.351 e. The van der Waals surface area contributed by atoms with E-state index in [2.05, 4.69) is 27.9 Å². The van der Waals surface area contributed by atoms with Crippen molar-refractivity contribution in [1.29, 1.82) is 0 Å². The molecule has 1 heterocycles. The van der Waals surface area contributed by atoms with Crippen LogP contribution in [0.25, 0.3) is 0 Å². The van der Waals surface area contributed by atoms with Crippen LogP contribution in [-0.4, -0.2) is 16.9 Å². The lowest BCUT2D eigenvalue weighted by Gasteiger charge is -2.01. The third-order valence-corrected chi connectivity index (χ3v) is 3.64. The minimum absolute atomic E-state index is 0.0182. The first-order valence-electron chi connectivity index (χ1n) is 4.33. The van der Waals surface area contributed by atoms with Crippen LogP contribution < -0.4 is 5.32 Å². The Morgan fingerprint density at radius 1 is 1.50 bits per heavy atom. The Morgan fingerprint density at radius 3 is 2.86 bits per heavy atom. The Bertz CT molecular complexity index is 303. The summed E-state index contributed by atoms with van der Waals surface area (Å²) in [6.45, 7) is 0.747. The van der Waals surface area contributed by atoms with Gasteiger partial charge in [0, 0.05) is 6.54 Å². The molecule has 0 spiro atoms. The second-order valence-corrected chi connectivity index (χ2v) is 5.55. The van der Waals surface area contributed by atoms with Crippen LogP contribution in [0, 0.1) is 0 Å². The molecule has 0 fully saturated rings. The van der Waals surface area contributed by atoms with Gasteiger partial charge in [-0.1, -0.05) is 34.2 Å². The van der Waals surface area contributed by atoms with Crippen molar-refractivity contribution in [3.8, 4) is 0 Å². The summed E-state index contributed by atoms with van der Waals surface area (Å²) in [6.07, 6.45) is 2.18. The lowest BCUT2D eigenvalue weighted by atomic mass is 10.3. The van der Waals surface area contributed by atoms with E-state index in [0.717, 1.165) is 23.8 Å². The first kappa shape index (κ1) is 12.3. The molecule has 0 atom stereocenters. The fourth-order valence-electron chi connectivity index (χ4n) is 0.945. The van der Waals surface area contributed by atoms with Gasteiger partial charge in [0.05, 0.1) is 9.21 Å². The van der Waals surface area contributed by atoms with Crippen molar-refractivity contribution in [2.45, 2.75) is 12.8 Å². The third-order valence-electron chi connectivity index (χ3n) is 1.64.